The number of hydrogen-bond acceptors (Lipinski definition) is 3. The van der Waals surface area contributed by atoms with Crippen molar-refractivity contribution in [3.63, 3.8) is 0 Å². The van der Waals surface area contributed by atoms with Crippen molar-refractivity contribution in [3.8, 4) is 0 Å². The van der Waals surface area contributed by atoms with E-state index in [2.05, 4.69) is 0 Å². The fraction of sp³-hybridized carbons (Fsp3) is 0.364. The van der Waals surface area contributed by atoms with Gasteiger partial charge in [-0.25, -0.2) is 0 Å². The van der Waals surface area contributed by atoms with E-state index in [1.165, 1.54) is 0 Å². The molecule has 0 aromatic heterocycles. The summed E-state index contributed by atoms with van der Waals surface area (Å²) in [5.41, 5.74) is 1.76. The molecule has 0 fully saturated rings. The van der Waals surface area contributed by atoms with Crippen LogP contribution in [0.25, 0.3) is 0 Å². The summed E-state index contributed by atoms with van der Waals surface area (Å²) in [4.78, 5) is 10.2. The first-order chi connectivity index (χ1) is 6.61. The lowest BCUT2D eigenvalue weighted by molar-refractivity contribution is -0.306. The fourth-order valence-corrected chi connectivity index (χ4v) is 1.37. The maximum absolute atomic E-state index is 10.2. The van der Waals surface area contributed by atoms with Gasteiger partial charge in [0, 0.05) is 5.97 Å². The predicted molar refractivity (Wildman–Crippen MR) is 50.4 cm³/mol. The first-order valence-corrected chi connectivity index (χ1v) is 4.54. The van der Waals surface area contributed by atoms with Crippen LogP contribution in [0, 0.1) is 6.92 Å². The molecule has 1 rings (SSSR count). The first-order valence-electron chi connectivity index (χ1n) is 4.54. The molecule has 1 atom stereocenters. The van der Waals surface area contributed by atoms with Gasteiger partial charge in [0.2, 0.25) is 0 Å². The van der Waals surface area contributed by atoms with Gasteiger partial charge in [0.05, 0.1) is 6.10 Å². The van der Waals surface area contributed by atoms with E-state index in [-0.39, 0.29) is 12.8 Å². The van der Waals surface area contributed by atoms with Crippen LogP contribution in [0.4, 0.5) is 0 Å². The Hall–Kier alpha value is -1.35. The lowest BCUT2D eigenvalue weighted by atomic mass is 10.0. The highest BCUT2D eigenvalue weighted by Crippen LogP contribution is 2.20. The molecular formula is C11H13O3-. The van der Waals surface area contributed by atoms with Gasteiger partial charge in [0.15, 0.2) is 0 Å². The van der Waals surface area contributed by atoms with Crippen LogP contribution in [0.2, 0.25) is 0 Å². The maximum Gasteiger partial charge on any atom is 0.0796 e. The zero-order valence-electron chi connectivity index (χ0n) is 8.06. The number of aliphatic hydroxyl groups excluding tert-OH is 1. The molecule has 1 N–H and O–H groups in total. The minimum Gasteiger partial charge on any atom is -0.550 e. The van der Waals surface area contributed by atoms with Gasteiger partial charge in [-0.05, 0) is 30.9 Å². The second-order valence-corrected chi connectivity index (χ2v) is 3.28. The summed E-state index contributed by atoms with van der Waals surface area (Å²) in [6.07, 6.45) is -0.628. The normalized spacial score (nSPS) is 12.4. The molecule has 1 unspecified atom stereocenters. The van der Waals surface area contributed by atoms with Crippen molar-refractivity contribution in [2.24, 2.45) is 0 Å². The van der Waals surface area contributed by atoms with Crippen LogP contribution in [0.1, 0.15) is 30.1 Å². The number of carbonyl (C=O) groups excluding carboxylic acids is 1. The number of carboxylic acid groups (broad SMARTS) is 1. The van der Waals surface area contributed by atoms with Crippen LogP contribution < -0.4 is 5.11 Å². The Balaban J connectivity index is 2.65. The van der Waals surface area contributed by atoms with Crippen LogP contribution in [0.15, 0.2) is 24.3 Å². The Morgan fingerprint density at radius 1 is 1.50 bits per heavy atom. The molecule has 0 spiro atoms. The van der Waals surface area contributed by atoms with Gasteiger partial charge >= 0.3 is 0 Å². The van der Waals surface area contributed by atoms with Gasteiger partial charge in [-0.3, -0.25) is 0 Å². The molecule has 3 nitrogen and oxygen atoms in total. The molecule has 1 aromatic carbocycles. The zero-order chi connectivity index (χ0) is 10.6. The summed E-state index contributed by atoms with van der Waals surface area (Å²) in [5, 5.41) is 19.9. The number of carboxylic acids is 1. The van der Waals surface area contributed by atoms with Gasteiger partial charge < -0.3 is 15.0 Å². The van der Waals surface area contributed by atoms with Crippen LogP contribution in [0.3, 0.4) is 0 Å². The van der Waals surface area contributed by atoms with Gasteiger partial charge in [-0.2, -0.15) is 0 Å². The third-order valence-corrected chi connectivity index (χ3v) is 2.17. The molecule has 0 saturated heterocycles. The zero-order valence-corrected chi connectivity index (χ0v) is 8.06. The van der Waals surface area contributed by atoms with E-state index < -0.39 is 12.1 Å². The molecule has 0 saturated carbocycles. The fourth-order valence-electron chi connectivity index (χ4n) is 1.37. The molecule has 0 amide bonds. The number of aliphatic hydroxyl groups is 1. The quantitative estimate of drug-likeness (QED) is 0.760. The van der Waals surface area contributed by atoms with Crippen LogP contribution in [-0.2, 0) is 4.79 Å². The molecular weight excluding hydrogens is 180 g/mol. The van der Waals surface area contributed by atoms with E-state index in [1.807, 2.05) is 25.1 Å². The molecule has 0 heterocycles. The average Bonchev–Trinajstić information content (AvgIpc) is 2.15. The first kappa shape index (κ1) is 10.7. The summed E-state index contributed by atoms with van der Waals surface area (Å²) in [6.45, 7) is 1.89. The topological polar surface area (TPSA) is 60.4 Å². The Labute approximate surface area is 83.0 Å². The number of hydrogen-bond donors (Lipinski definition) is 1. The SMILES string of the molecule is Cc1ccccc1C(O)CCC(=O)[O-]. The Kier molecular flexibility index (Phi) is 3.65. The van der Waals surface area contributed by atoms with Gasteiger partial charge in [-0.15, -0.1) is 0 Å². The monoisotopic (exact) mass is 193 g/mol. The number of aliphatic carboxylic acids is 1. The van der Waals surface area contributed by atoms with E-state index in [4.69, 9.17) is 0 Å². The minimum absolute atomic E-state index is 0.116. The summed E-state index contributed by atoms with van der Waals surface area (Å²) in [7, 11) is 0. The molecule has 0 aliphatic carbocycles. The highest BCUT2D eigenvalue weighted by atomic mass is 16.4. The van der Waals surface area contributed by atoms with E-state index in [9.17, 15) is 15.0 Å². The van der Waals surface area contributed by atoms with Crippen LogP contribution in [0.5, 0.6) is 0 Å². The summed E-state index contributed by atoms with van der Waals surface area (Å²) >= 11 is 0. The Bertz CT molecular complexity index is 320. The molecule has 3 heteroatoms. The van der Waals surface area contributed by atoms with Gasteiger partial charge in [0.1, 0.15) is 0 Å². The number of rotatable bonds is 4. The summed E-state index contributed by atoms with van der Waals surface area (Å²) in [6, 6.07) is 7.39. The van der Waals surface area contributed by atoms with Crippen molar-refractivity contribution < 1.29 is 15.0 Å². The third kappa shape index (κ3) is 2.85. The lowest BCUT2D eigenvalue weighted by Crippen LogP contribution is -2.22. The van der Waals surface area contributed by atoms with Crippen molar-refractivity contribution in [3.05, 3.63) is 35.4 Å². The Morgan fingerprint density at radius 2 is 2.14 bits per heavy atom. The van der Waals surface area contributed by atoms with Crippen molar-refractivity contribution in [1.29, 1.82) is 0 Å². The predicted octanol–water partition coefficient (Wildman–Crippen LogP) is 0.559. The summed E-state index contributed by atoms with van der Waals surface area (Å²) in [5.74, 6) is -1.13. The number of aryl methyl sites for hydroxylation is 1. The van der Waals surface area contributed by atoms with Crippen LogP contribution in [-0.4, -0.2) is 11.1 Å². The summed E-state index contributed by atoms with van der Waals surface area (Å²) < 4.78 is 0. The molecule has 0 radical (unpaired) electrons. The highest BCUT2D eigenvalue weighted by Gasteiger charge is 2.08. The minimum atomic E-state index is -1.13. The van der Waals surface area contributed by atoms with E-state index in [0.29, 0.717) is 0 Å². The molecule has 76 valence electrons. The average molecular weight is 193 g/mol. The highest BCUT2D eigenvalue weighted by molar-refractivity contribution is 5.64. The standard InChI is InChI=1S/C11H14O3/c1-8-4-2-3-5-9(8)10(12)6-7-11(13)14/h2-5,10,12H,6-7H2,1H3,(H,13,14)/p-1. The number of carbonyl (C=O) groups is 1. The molecule has 0 aliphatic rings. The smallest absolute Gasteiger partial charge is 0.0796 e. The van der Waals surface area contributed by atoms with E-state index in [0.717, 1.165) is 11.1 Å². The third-order valence-electron chi connectivity index (χ3n) is 2.17. The molecule has 1 aromatic rings. The van der Waals surface area contributed by atoms with Crippen molar-refractivity contribution in [1.82, 2.24) is 0 Å². The van der Waals surface area contributed by atoms with Crippen molar-refractivity contribution >= 4 is 5.97 Å². The molecule has 0 aliphatic heterocycles. The Morgan fingerprint density at radius 3 is 2.71 bits per heavy atom. The van der Waals surface area contributed by atoms with E-state index >= 15 is 0 Å². The van der Waals surface area contributed by atoms with Gasteiger partial charge in [0.25, 0.3) is 0 Å². The second-order valence-electron chi connectivity index (χ2n) is 3.28. The van der Waals surface area contributed by atoms with Gasteiger partial charge in [-0.1, -0.05) is 24.3 Å². The molecule has 0 bridgehead atoms. The maximum atomic E-state index is 10.2. The second kappa shape index (κ2) is 4.77. The lowest BCUT2D eigenvalue weighted by Gasteiger charge is -2.13. The van der Waals surface area contributed by atoms with Crippen molar-refractivity contribution in [2.45, 2.75) is 25.9 Å². The largest absolute Gasteiger partial charge is 0.550 e. The van der Waals surface area contributed by atoms with Crippen molar-refractivity contribution in [2.75, 3.05) is 0 Å². The van der Waals surface area contributed by atoms with E-state index in [1.54, 1.807) is 6.07 Å². The number of benzene rings is 1. The molecule has 14 heavy (non-hydrogen) atoms. The van der Waals surface area contributed by atoms with Crippen LogP contribution >= 0.6 is 0 Å².